The van der Waals surface area contributed by atoms with Gasteiger partial charge in [0.05, 0.1) is 4.90 Å². The number of H-pyrrole nitrogens is 1. The molecule has 1 amide bonds. The summed E-state index contributed by atoms with van der Waals surface area (Å²) in [6.45, 7) is 0.222. The highest BCUT2D eigenvalue weighted by molar-refractivity contribution is 9.10. The minimum Gasteiger partial charge on any atom is -0.439 e. The van der Waals surface area contributed by atoms with Crippen molar-refractivity contribution >= 4 is 54.2 Å². The molecule has 0 fully saturated rings. The molecule has 1 atom stereocenters. The number of sulfone groups is 1. The zero-order valence-electron chi connectivity index (χ0n) is 18.7. The second-order valence-corrected chi connectivity index (χ2v) is 11.4. The lowest BCUT2D eigenvalue weighted by molar-refractivity contribution is 0.0919. The molecule has 0 aliphatic heterocycles. The fourth-order valence-electron chi connectivity index (χ4n) is 4.13. The van der Waals surface area contributed by atoms with Gasteiger partial charge in [0.15, 0.2) is 5.76 Å². The molecule has 0 saturated carbocycles. The Labute approximate surface area is 221 Å². The maximum Gasteiger partial charge on any atom is 0.287 e. The molecule has 0 saturated heterocycles. The van der Waals surface area contributed by atoms with Gasteiger partial charge in [-0.2, -0.15) is 0 Å². The quantitative estimate of drug-likeness (QED) is 0.227. The summed E-state index contributed by atoms with van der Waals surface area (Å²) in [6.07, 6.45) is 1.92. The van der Waals surface area contributed by atoms with Gasteiger partial charge < -0.3 is 14.7 Å². The first-order valence-electron chi connectivity index (χ1n) is 11.0. The van der Waals surface area contributed by atoms with Crippen molar-refractivity contribution in [2.24, 2.45) is 0 Å². The van der Waals surface area contributed by atoms with E-state index >= 15 is 0 Å². The van der Waals surface area contributed by atoms with E-state index in [1.54, 1.807) is 12.1 Å². The van der Waals surface area contributed by atoms with Crippen LogP contribution in [0.5, 0.6) is 0 Å². The van der Waals surface area contributed by atoms with Gasteiger partial charge in [-0.05, 0) is 59.7 Å². The number of hydrogen-bond donors (Lipinski definition) is 2. The maximum absolute atomic E-state index is 13.0. The minimum absolute atomic E-state index is 0.0742. The molecule has 0 aliphatic carbocycles. The van der Waals surface area contributed by atoms with Crippen molar-refractivity contribution in [3.63, 3.8) is 0 Å². The van der Waals surface area contributed by atoms with Crippen LogP contribution >= 0.6 is 27.5 Å². The molecule has 0 bridgehead atoms. The number of amides is 1. The average molecular weight is 584 g/mol. The van der Waals surface area contributed by atoms with Crippen molar-refractivity contribution < 1.29 is 17.6 Å². The summed E-state index contributed by atoms with van der Waals surface area (Å²) < 4.78 is 32.0. The fraction of sp³-hybridized carbons (Fsp3) is 0.0741. The molecule has 6 nitrogen and oxygen atoms in total. The number of para-hydroxylation sites is 1. The minimum atomic E-state index is -3.90. The number of rotatable bonds is 7. The van der Waals surface area contributed by atoms with E-state index in [0.717, 1.165) is 26.5 Å². The Morgan fingerprint density at radius 3 is 2.44 bits per heavy atom. The van der Waals surface area contributed by atoms with E-state index in [2.05, 4.69) is 26.2 Å². The number of carbonyl (C=O) groups excluding carboxylic acids is 1. The average Bonchev–Trinajstić information content (AvgIpc) is 3.54. The third kappa shape index (κ3) is 4.72. The molecular weight excluding hydrogens is 564 g/mol. The van der Waals surface area contributed by atoms with Crippen LogP contribution in [0.15, 0.2) is 110 Å². The molecule has 1 unspecified atom stereocenters. The number of hydrogen-bond acceptors (Lipinski definition) is 4. The monoisotopic (exact) mass is 582 g/mol. The Morgan fingerprint density at radius 2 is 1.67 bits per heavy atom. The lowest BCUT2D eigenvalue weighted by Crippen LogP contribution is -2.28. The van der Waals surface area contributed by atoms with Gasteiger partial charge in [0, 0.05) is 39.1 Å². The topological polar surface area (TPSA) is 92.2 Å². The maximum atomic E-state index is 13.0. The van der Waals surface area contributed by atoms with Crippen LogP contribution in [0.3, 0.4) is 0 Å². The molecule has 2 N–H and O–H groups in total. The molecule has 2 aromatic heterocycles. The molecule has 3 aromatic carbocycles. The summed E-state index contributed by atoms with van der Waals surface area (Å²) >= 11 is 9.82. The van der Waals surface area contributed by atoms with E-state index in [1.165, 1.54) is 24.3 Å². The zero-order chi connectivity index (χ0) is 25.3. The van der Waals surface area contributed by atoms with Crippen LogP contribution in [0, 0.1) is 0 Å². The normalized spacial score (nSPS) is 12.5. The van der Waals surface area contributed by atoms with Crippen molar-refractivity contribution in [2.45, 2.75) is 15.9 Å². The fourth-order valence-corrected chi connectivity index (χ4v) is 5.83. The smallest absolute Gasteiger partial charge is 0.287 e. The molecule has 0 aliphatic rings. The third-order valence-corrected chi connectivity index (χ3v) is 8.45. The molecule has 9 heteroatoms. The first-order chi connectivity index (χ1) is 17.3. The Morgan fingerprint density at radius 1 is 0.944 bits per heavy atom. The van der Waals surface area contributed by atoms with Gasteiger partial charge in [-0.1, -0.05) is 63.9 Å². The number of fused-ring (bicyclic) bond motifs is 1. The van der Waals surface area contributed by atoms with Gasteiger partial charge in [-0.25, -0.2) is 8.42 Å². The van der Waals surface area contributed by atoms with Crippen LogP contribution < -0.4 is 5.32 Å². The molecule has 36 heavy (non-hydrogen) atoms. The number of halogens is 2. The highest BCUT2D eigenvalue weighted by Crippen LogP contribution is 2.34. The summed E-state index contributed by atoms with van der Waals surface area (Å²) in [5.41, 5.74) is 2.82. The van der Waals surface area contributed by atoms with Gasteiger partial charge in [-0.15, -0.1) is 0 Å². The summed E-state index contributed by atoms with van der Waals surface area (Å²) in [4.78, 5) is 16.3. The number of nitrogens with one attached hydrogen (secondary N) is 2. The Hall–Kier alpha value is -3.33. The van der Waals surface area contributed by atoms with Gasteiger partial charge in [0.25, 0.3) is 5.91 Å². The standard InChI is InChI=1S/C27H20BrClN2O4S/c28-17-9-11-18(12-10-17)36(33,34)26-14-13-25(35-26)27(32)31-16-21(19-5-1-3-7-23(19)29)22-15-30-24-8-4-2-6-20(22)24/h1-15,21,30H,16H2,(H,31,32). The van der Waals surface area contributed by atoms with E-state index in [0.29, 0.717) is 5.02 Å². The van der Waals surface area contributed by atoms with Crippen molar-refractivity contribution in [3.8, 4) is 0 Å². The summed E-state index contributed by atoms with van der Waals surface area (Å²) in [6, 6.07) is 24.2. The second kappa shape index (κ2) is 9.97. The number of aromatic amines is 1. The Bertz CT molecular complexity index is 1660. The van der Waals surface area contributed by atoms with Crippen molar-refractivity contribution in [3.05, 3.63) is 118 Å². The molecule has 5 aromatic rings. The van der Waals surface area contributed by atoms with Crippen molar-refractivity contribution in [1.29, 1.82) is 0 Å². The molecule has 5 rings (SSSR count). The van der Waals surface area contributed by atoms with E-state index in [-0.39, 0.29) is 28.2 Å². The Balaban J connectivity index is 1.40. The van der Waals surface area contributed by atoms with Gasteiger partial charge in [0.1, 0.15) is 0 Å². The van der Waals surface area contributed by atoms with Crippen molar-refractivity contribution in [1.82, 2.24) is 10.3 Å². The molecule has 2 heterocycles. The van der Waals surface area contributed by atoms with Crippen molar-refractivity contribution in [2.75, 3.05) is 6.54 Å². The van der Waals surface area contributed by atoms with E-state index < -0.39 is 15.7 Å². The second-order valence-electron chi connectivity index (χ2n) is 8.15. The molecule has 0 spiro atoms. The SMILES string of the molecule is O=C(NCC(c1ccccc1Cl)c1c[nH]c2ccccc12)c1ccc(S(=O)(=O)c2ccc(Br)cc2)o1. The Kier molecular flexibility index (Phi) is 6.75. The van der Waals surface area contributed by atoms with Crippen LogP contribution in [0.25, 0.3) is 10.9 Å². The number of benzene rings is 3. The largest absolute Gasteiger partial charge is 0.439 e. The molecule has 182 valence electrons. The van der Waals surface area contributed by atoms with Gasteiger partial charge >= 0.3 is 0 Å². The first kappa shape index (κ1) is 24.4. The lowest BCUT2D eigenvalue weighted by atomic mass is 9.90. The van der Waals surface area contributed by atoms with Crippen LogP contribution in [-0.2, 0) is 9.84 Å². The third-order valence-electron chi connectivity index (χ3n) is 5.94. The van der Waals surface area contributed by atoms with Crippen LogP contribution in [0.1, 0.15) is 27.6 Å². The van der Waals surface area contributed by atoms with Gasteiger partial charge in [-0.3, -0.25) is 4.79 Å². The highest BCUT2D eigenvalue weighted by Gasteiger charge is 2.25. The molecular formula is C27H20BrClN2O4S. The predicted molar refractivity (Wildman–Crippen MR) is 142 cm³/mol. The van der Waals surface area contributed by atoms with Gasteiger partial charge in [0.2, 0.25) is 14.9 Å². The predicted octanol–water partition coefficient (Wildman–Crippen LogP) is 6.57. The summed E-state index contributed by atoms with van der Waals surface area (Å²) in [5, 5.41) is 4.20. The number of carbonyl (C=O) groups is 1. The summed E-state index contributed by atoms with van der Waals surface area (Å²) in [5.74, 6) is -0.869. The molecule has 0 radical (unpaired) electrons. The van der Waals surface area contributed by atoms with E-state index in [4.69, 9.17) is 16.0 Å². The van der Waals surface area contributed by atoms with Crippen LogP contribution in [0.2, 0.25) is 5.02 Å². The number of furan rings is 1. The van der Waals surface area contributed by atoms with Crippen LogP contribution in [0.4, 0.5) is 0 Å². The first-order valence-corrected chi connectivity index (χ1v) is 13.7. The summed E-state index contributed by atoms with van der Waals surface area (Å²) in [7, 11) is -3.90. The zero-order valence-corrected chi connectivity index (χ0v) is 21.9. The highest BCUT2D eigenvalue weighted by atomic mass is 79.9. The van der Waals surface area contributed by atoms with Crippen LogP contribution in [-0.4, -0.2) is 25.9 Å². The van der Waals surface area contributed by atoms with E-state index in [1.807, 2.05) is 54.7 Å². The number of aromatic nitrogens is 1. The van der Waals surface area contributed by atoms with E-state index in [9.17, 15) is 13.2 Å². The lowest BCUT2D eigenvalue weighted by Gasteiger charge is -2.19.